The van der Waals surface area contributed by atoms with Crippen LogP contribution in [0.5, 0.6) is 0 Å². The van der Waals surface area contributed by atoms with E-state index in [1.807, 2.05) is 0 Å². The molecule has 7 nitrogen and oxygen atoms in total. The zero-order valence-corrected chi connectivity index (χ0v) is 14.3. The van der Waals surface area contributed by atoms with Crippen LogP contribution in [0.25, 0.3) is 0 Å². The molecule has 0 saturated carbocycles. The molecule has 2 aromatic rings. The van der Waals surface area contributed by atoms with Crippen molar-refractivity contribution in [2.24, 2.45) is 0 Å². The van der Waals surface area contributed by atoms with Gasteiger partial charge in [-0.25, -0.2) is 8.42 Å². The van der Waals surface area contributed by atoms with Gasteiger partial charge in [-0.2, -0.15) is 0 Å². The second-order valence-electron chi connectivity index (χ2n) is 5.24. The Labute approximate surface area is 143 Å². The van der Waals surface area contributed by atoms with E-state index in [4.69, 9.17) is 22.4 Å². The number of aryl methyl sites for hydroxylation is 1. The van der Waals surface area contributed by atoms with Crippen molar-refractivity contribution in [3.63, 3.8) is 0 Å². The molecule has 0 spiro atoms. The van der Waals surface area contributed by atoms with Crippen molar-refractivity contribution in [2.45, 2.75) is 24.1 Å². The van der Waals surface area contributed by atoms with E-state index in [9.17, 15) is 18.0 Å². The smallest absolute Gasteiger partial charge is 0.323 e. The molecule has 24 heavy (non-hydrogen) atoms. The molecule has 2 rings (SSSR count). The molecule has 3 N–H and O–H groups in total. The van der Waals surface area contributed by atoms with E-state index in [0.29, 0.717) is 10.6 Å². The molecule has 0 bridgehead atoms. The molecule has 0 amide bonds. The Balaban J connectivity index is 2.58. The summed E-state index contributed by atoms with van der Waals surface area (Å²) in [5, 5.41) is 9.25. The van der Waals surface area contributed by atoms with Gasteiger partial charge in [0.15, 0.2) is 14.7 Å². The molecule has 1 aromatic heterocycles. The maximum Gasteiger partial charge on any atom is 0.323 e. The maximum atomic E-state index is 12.6. The molecular formula is C15H15ClN2O5S. The Bertz CT molecular complexity index is 966. The second-order valence-corrected chi connectivity index (χ2v) is 7.61. The van der Waals surface area contributed by atoms with E-state index in [0.717, 1.165) is 4.57 Å². The third-order valence-corrected chi connectivity index (χ3v) is 5.32. The summed E-state index contributed by atoms with van der Waals surface area (Å²) in [6.45, 7) is 0.832. The number of carboxylic acids is 1. The van der Waals surface area contributed by atoms with Crippen molar-refractivity contribution in [3.8, 4) is 0 Å². The number of hydrogen-bond acceptors (Lipinski definition) is 5. The molecule has 9 heteroatoms. The molecule has 1 aromatic carbocycles. The summed E-state index contributed by atoms with van der Waals surface area (Å²) in [4.78, 5) is 22.8. The van der Waals surface area contributed by atoms with E-state index in [-0.39, 0.29) is 11.4 Å². The molecule has 0 atom stereocenters. The highest BCUT2D eigenvalue weighted by Crippen LogP contribution is 2.21. The van der Waals surface area contributed by atoms with E-state index < -0.39 is 38.6 Å². The highest BCUT2D eigenvalue weighted by Gasteiger charge is 2.25. The van der Waals surface area contributed by atoms with Crippen molar-refractivity contribution in [2.75, 3.05) is 5.73 Å². The summed E-state index contributed by atoms with van der Waals surface area (Å²) >= 11 is 5.83. The third kappa shape index (κ3) is 3.77. The zero-order chi connectivity index (χ0) is 18.1. The zero-order valence-electron chi connectivity index (χ0n) is 12.7. The lowest BCUT2D eigenvalue weighted by Gasteiger charge is -2.13. The molecular weight excluding hydrogens is 356 g/mol. The average molecular weight is 371 g/mol. The second kappa shape index (κ2) is 6.66. The van der Waals surface area contributed by atoms with Crippen molar-refractivity contribution >= 4 is 33.1 Å². The number of nitrogen functional groups attached to an aromatic ring is 1. The van der Waals surface area contributed by atoms with Crippen molar-refractivity contribution in [1.82, 2.24) is 4.57 Å². The third-order valence-electron chi connectivity index (χ3n) is 3.34. The van der Waals surface area contributed by atoms with Gasteiger partial charge in [-0.15, -0.1) is 0 Å². The predicted molar refractivity (Wildman–Crippen MR) is 89.8 cm³/mol. The number of carbonyl (C=O) groups is 1. The maximum absolute atomic E-state index is 12.6. The first-order chi connectivity index (χ1) is 11.1. The highest BCUT2D eigenvalue weighted by atomic mass is 35.5. The van der Waals surface area contributed by atoms with Crippen LogP contribution in [0.2, 0.25) is 5.02 Å². The first kappa shape index (κ1) is 18.0. The Morgan fingerprint density at radius 2 is 2.00 bits per heavy atom. The van der Waals surface area contributed by atoms with E-state index in [1.54, 1.807) is 18.2 Å². The fourth-order valence-corrected chi connectivity index (χ4v) is 4.11. The summed E-state index contributed by atoms with van der Waals surface area (Å²) in [6, 6.07) is 7.49. The van der Waals surface area contributed by atoms with Crippen LogP contribution < -0.4 is 11.3 Å². The van der Waals surface area contributed by atoms with Crippen LogP contribution in [0, 0.1) is 6.92 Å². The standard InChI is InChI=1S/C15H15ClN2O5S/c1-9-5-12(17)14(15(21)18(9)7-13(19)20)24(22,23)8-10-3-2-4-11(16)6-10/h2-6H,7-8,17H2,1H3,(H,19,20). The average Bonchev–Trinajstić information content (AvgIpc) is 2.42. The SMILES string of the molecule is Cc1cc(N)c(S(=O)(=O)Cc2cccc(Cl)c2)c(=O)n1CC(=O)O. The van der Waals surface area contributed by atoms with Crippen LogP contribution in [0.1, 0.15) is 11.3 Å². The quantitative estimate of drug-likeness (QED) is 0.822. The Hall–Kier alpha value is -2.32. The minimum absolute atomic E-state index is 0.207. The van der Waals surface area contributed by atoms with Gasteiger partial charge in [0, 0.05) is 10.7 Å². The number of nitrogens with two attached hydrogens (primary N) is 1. The lowest BCUT2D eigenvalue weighted by Crippen LogP contribution is -2.31. The summed E-state index contributed by atoms with van der Waals surface area (Å²) in [5.41, 5.74) is 5.23. The van der Waals surface area contributed by atoms with Crippen LogP contribution in [0.15, 0.2) is 40.0 Å². The molecule has 0 radical (unpaired) electrons. The number of pyridine rings is 1. The number of carboxylic acid groups (broad SMARTS) is 1. The minimum Gasteiger partial charge on any atom is -0.480 e. The van der Waals surface area contributed by atoms with Gasteiger partial charge in [0.25, 0.3) is 5.56 Å². The Kier molecular flexibility index (Phi) is 5.00. The van der Waals surface area contributed by atoms with Gasteiger partial charge in [-0.05, 0) is 30.7 Å². The lowest BCUT2D eigenvalue weighted by atomic mass is 10.2. The summed E-state index contributed by atoms with van der Waals surface area (Å²) < 4.78 is 26.1. The van der Waals surface area contributed by atoms with Crippen LogP contribution in [0.3, 0.4) is 0 Å². The number of halogens is 1. The number of anilines is 1. The van der Waals surface area contributed by atoms with Gasteiger partial charge in [0.05, 0.1) is 11.4 Å². The van der Waals surface area contributed by atoms with Crippen LogP contribution in [-0.4, -0.2) is 24.1 Å². The molecule has 1 heterocycles. The Morgan fingerprint density at radius 1 is 1.33 bits per heavy atom. The number of rotatable bonds is 5. The molecule has 0 aliphatic heterocycles. The topological polar surface area (TPSA) is 119 Å². The number of sulfone groups is 1. The molecule has 128 valence electrons. The normalized spacial score (nSPS) is 11.4. The number of benzene rings is 1. The Morgan fingerprint density at radius 3 is 2.58 bits per heavy atom. The number of hydrogen-bond donors (Lipinski definition) is 2. The minimum atomic E-state index is -4.08. The summed E-state index contributed by atoms with van der Waals surface area (Å²) in [5.74, 6) is -1.73. The van der Waals surface area contributed by atoms with Crippen LogP contribution in [-0.2, 0) is 26.9 Å². The molecule has 0 saturated heterocycles. The van der Waals surface area contributed by atoms with E-state index >= 15 is 0 Å². The van der Waals surface area contributed by atoms with Gasteiger partial charge < -0.3 is 15.4 Å². The largest absolute Gasteiger partial charge is 0.480 e. The first-order valence-electron chi connectivity index (χ1n) is 6.80. The highest BCUT2D eigenvalue weighted by molar-refractivity contribution is 7.90. The summed E-state index contributed by atoms with van der Waals surface area (Å²) in [7, 11) is -4.08. The van der Waals surface area contributed by atoms with Crippen LogP contribution >= 0.6 is 11.6 Å². The number of nitrogens with zero attached hydrogens (tertiary/aromatic N) is 1. The van der Waals surface area contributed by atoms with Gasteiger partial charge in [0.2, 0.25) is 0 Å². The van der Waals surface area contributed by atoms with Gasteiger partial charge in [-0.1, -0.05) is 23.7 Å². The number of aromatic nitrogens is 1. The first-order valence-corrected chi connectivity index (χ1v) is 8.84. The van der Waals surface area contributed by atoms with Crippen molar-refractivity contribution in [3.05, 3.63) is 57.0 Å². The monoisotopic (exact) mass is 370 g/mol. The summed E-state index contributed by atoms with van der Waals surface area (Å²) in [6.07, 6.45) is 0. The molecule has 0 aliphatic rings. The van der Waals surface area contributed by atoms with E-state index in [1.165, 1.54) is 19.1 Å². The molecule has 0 fully saturated rings. The van der Waals surface area contributed by atoms with E-state index in [2.05, 4.69) is 0 Å². The molecule has 0 unspecified atom stereocenters. The van der Waals surface area contributed by atoms with Crippen molar-refractivity contribution < 1.29 is 18.3 Å². The fourth-order valence-electron chi connectivity index (χ4n) is 2.34. The van der Waals surface area contributed by atoms with Crippen molar-refractivity contribution in [1.29, 1.82) is 0 Å². The van der Waals surface area contributed by atoms with Crippen LogP contribution in [0.4, 0.5) is 5.69 Å². The van der Waals surface area contributed by atoms with Gasteiger partial charge >= 0.3 is 5.97 Å². The van der Waals surface area contributed by atoms with Gasteiger partial charge in [0.1, 0.15) is 6.54 Å². The lowest BCUT2D eigenvalue weighted by molar-refractivity contribution is -0.137. The number of aliphatic carboxylic acids is 1. The molecule has 0 aliphatic carbocycles. The van der Waals surface area contributed by atoms with Gasteiger partial charge in [-0.3, -0.25) is 9.59 Å². The fraction of sp³-hybridized carbons (Fsp3) is 0.200. The predicted octanol–water partition coefficient (Wildman–Crippen LogP) is 1.45.